The second-order valence-electron chi connectivity index (χ2n) is 9.70. The minimum Gasteiger partial charge on any atom is -0.493 e. The quantitative estimate of drug-likeness (QED) is 0.261. The van der Waals surface area contributed by atoms with E-state index in [2.05, 4.69) is 6.07 Å². The highest BCUT2D eigenvalue weighted by molar-refractivity contribution is 5.56. The SMILES string of the molecule is CCC(CC)C(C#N)(CCC(O)C(CC1COc2ccccc2O1)[N+](=O)[O-])c1cc(OC)c(OC)c(OC)c1. The Morgan fingerprint density at radius 2 is 1.74 bits per heavy atom. The van der Waals surface area contributed by atoms with Crippen LogP contribution in [0, 0.1) is 27.4 Å². The predicted molar refractivity (Wildman–Crippen MR) is 144 cm³/mol. The number of nitriles is 1. The summed E-state index contributed by atoms with van der Waals surface area (Å²) in [6, 6.07) is 11.9. The van der Waals surface area contributed by atoms with Gasteiger partial charge in [0.1, 0.15) is 18.8 Å². The average Bonchev–Trinajstić information content (AvgIpc) is 2.96. The number of fused-ring (bicyclic) bond motifs is 1. The summed E-state index contributed by atoms with van der Waals surface area (Å²) in [5.74, 6) is 2.25. The van der Waals surface area contributed by atoms with Gasteiger partial charge in [-0.1, -0.05) is 38.8 Å². The van der Waals surface area contributed by atoms with Crippen molar-refractivity contribution in [2.45, 2.75) is 69.6 Å². The van der Waals surface area contributed by atoms with Crippen molar-refractivity contribution in [3.8, 4) is 34.8 Å². The van der Waals surface area contributed by atoms with E-state index in [1.54, 1.807) is 30.3 Å². The number of nitrogens with zero attached hydrogens (tertiary/aromatic N) is 2. The summed E-state index contributed by atoms with van der Waals surface area (Å²) in [7, 11) is 4.52. The first kappa shape index (κ1) is 29.8. The highest BCUT2D eigenvalue weighted by atomic mass is 16.6. The summed E-state index contributed by atoms with van der Waals surface area (Å²) >= 11 is 0. The Bertz CT molecular complexity index is 1140. The number of methoxy groups -OCH3 is 3. The maximum atomic E-state index is 12.0. The summed E-state index contributed by atoms with van der Waals surface area (Å²) in [5.41, 5.74) is -0.402. The van der Waals surface area contributed by atoms with Crippen molar-refractivity contribution >= 4 is 0 Å². The standard InChI is InChI=1S/C29H38N2O8/c1-6-19(7-2)29(18-30,20-14-26(35-3)28(37-5)27(15-20)36-4)13-12-23(32)22(31(33)34)16-21-17-38-24-10-8-9-11-25(24)39-21/h8-11,14-15,19,21-23,32H,6-7,12-13,16-17H2,1-5H3. The van der Waals surface area contributed by atoms with E-state index in [0.717, 1.165) is 0 Å². The molecule has 0 saturated carbocycles. The monoisotopic (exact) mass is 542 g/mol. The van der Waals surface area contributed by atoms with Gasteiger partial charge in [-0.2, -0.15) is 5.26 Å². The fraction of sp³-hybridized carbons (Fsp3) is 0.552. The number of rotatable bonds is 14. The zero-order chi connectivity index (χ0) is 28.6. The van der Waals surface area contributed by atoms with Gasteiger partial charge in [-0.25, -0.2) is 0 Å². The molecule has 2 aromatic carbocycles. The molecule has 1 aliphatic heterocycles. The van der Waals surface area contributed by atoms with Crippen LogP contribution in [0.3, 0.4) is 0 Å². The molecule has 0 amide bonds. The molecule has 4 atom stereocenters. The lowest BCUT2D eigenvalue weighted by molar-refractivity contribution is -0.537. The fourth-order valence-electron chi connectivity index (χ4n) is 5.52. The first-order valence-corrected chi connectivity index (χ1v) is 13.2. The smallest absolute Gasteiger partial charge is 0.242 e. The molecular formula is C29H38N2O8. The third-order valence-corrected chi connectivity index (χ3v) is 7.68. The number of hydrogen-bond donors (Lipinski definition) is 1. The molecule has 0 radical (unpaired) electrons. The van der Waals surface area contributed by atoms with Gasteiger partial charge in [-0.05, 0) is 48.6 Å². The number of aliphatic hydroxyl groups is 1. The van der Waals surface area contributed by atoms with Gasteiger partial charge >= 0.3 is 0 Å². The molecule has 0 saturated heterocycles. The molecule has 3 rings (SSSR count). The highest BCUT2D eigenvalue weighted by Crippen LogP contribution is 2.47. The molecular weight excluding hydrogens is 504 g/mol. The van der Waals surface area contributed by atoms with E-state index in [1.165, 1.54) is 21.3 Å². The number of benzene rings is 2. The predicted octanol–water partition coefficient (Wildman–Crippen LogP) is 4.93. The van der Waals surface area contributed by atoms with Crippen LogP contribution in [0.5, 0.6) is 28.7 Å². The van der Waals surface area contributed by atoms with Gasteiger partial charge in [-0.3, -0.25) is 10.1 Å². The summed E-state index contributed by atoms with van der Waals surface area (Å²) in [6.45, 7) is 4.16. The van der Waals surface area contributed by atoms with Gasteiger partial charge in [0, 0.05) is 4.92 Å². The number of para-hydroxylation sites is 2. The van der Waals surface area contributed by atoms with Gasteiger partial charge in [-0.15, -0.1) is 0 Å². The Morgan fingerprint density at radius 1 is 1.13 bits per heavy atom. The lowest BCUT2D eigenvalue weighted by atomic mass is 9.66. The second kappa shape index (κ2) is 13.4. The molecule has 0 bridgehead atoms. The van der Waals surface area contributed by atoms with Crippen molar-refractivity contribution < 1.29 is 33.7 Å². The first-order valence-electron chi connectivity index (χ1n) is 13.2. The van der Waals surface area contributed by atoms with Crippen molar-refractivity contribution in [1.82, 2.24) is 0 Å². The Kier molecular flexibility index (Phi) is 10.2. The molecule has 0 aromatic heterocycles. The van der Waals surface area contributed by atoms with E-state index >= 15 is 0 Å². The van der Waals surface area contributed by atoms with Crippen LogP contribution >= 0.6 is 0 Å². The van der Waals surface area contributed by atoms with Crippen molar-refractivity contribution in [2.75, 3.05) is 27.9 Å². The van der Waals surface area contributed by atoms with Crippen molar-refractivity contribution in [1.29, 1.82) is 5.26 Å². The van der Waals surface area contributed by atoms with Crippen LogP contribution in [0.1, 0.15) is 51.5 Å². The van der Waals surface area contributed by atoms with Crippen LogP contribution in [0.2, 0.25) is 0 Å². The minimum absolute atomic E-state index is 0.0305. The van der Waals surface area contributed by atoms with Crippen LogP contribution in [0.4, 0.5) is 0 Å². The maximum absolute atomic E-state index is 12.0. The zero-order valence-electron chi connectivity index (χ0n) is 23.2. The second-order valence-corrected chi connectivity index (χ2v) is 9.70. The molecule has 1 heterocycles. The van der Waals surface area contributed by atoms with Crippen LogP contribution in [0.15, 0.2) is 36.4 Å². The summed E-state index contributed by atoms with van der Waals surface area (Å²) in [4.78, 5) is 11.6. The van der Waals surface area contributed by atoms with E-state index in [1.807, 2.05) is 19.9 Å². The Labute approximate surface area is 229 Å². The molecule has 1 aliphatic rings. The molecule has 0 fully saturated rings. The Morgan fingerprint density at radius 3 is 2.26 bits per heavy atom. The number of hydrogen-bond acceptors (Lipinski definition) is 9. The van der Waals surface area contributed by atoms with Crippen LogP contribution in [0.25, 0.3) is 0 Å². The summed E-state index contributed by atoms with van der Waals surface area (Å²) in [5, 5.41) is 33.8. The zero-order valence-corrected chi connectivity index (χ0v) is 23.2. The van der Waals surface area contributed by atoms with Crippen LogP contribution in [-0.4, -0.2) is 56.2 Å². The Balaban J connectivity index is 1.88. The van der Waals surface area contributed by atoms with E-state index in [0.29, 0.717) is 47.2 Å². The lowest BCUT2D eigenvalue weighted by Crippen LogP contribution is -2.42. The summed E-state index contributed by atoms with van der Waals surface area (Å²) in [6.07, 6.45) is -0.284. The Hall–Kier alpha value is -3.71. The third kappa shape index (κ3) is 6.31. The average molecular weight is 543 g/mol. The van der Waals surface area contributed by atoms with Crippen LogP contribution < -0.4 is 23.7 Å². The van der Waals surface area contributed by atoms with Gasteiger partial charge in [0.15, 0.2) is 23.0 Å². The molecule has 212 valence electrons. The normalized spacial score (nSPS) is 17.4. The number of aliphatic hydroxyl groups excluding tert-OH is 1. The first-order chi connectivity index (χ1) is 18.8. The fourth-order valence-corrected chi connectivity index (χ4v) is 5.52. The summed E-state index contributed by atoms with van der Waals surface area (Å²) < 4.78 is 28.1. The molecule has 4 unspecified atom stereocenters. The van der Waals surface area contributed by atoms with Gasteiger partial charge in [0.05, 0.1) is 39.2 Å². The van der Waals surface area contributed by atoms with Gasteiger partial charge < -0.3 is 28.8 Å². The van der Waals surface area contributed by atoms with E-state index in [9.17, 15) is 20.5 Å². The topological polar surface area (TPSA) is 133 Å². The number of ether oxygens (including phenoxy) is 5. The molecule has 10 heteroatoms. The van der Waals surface area contributed by atoms with Crippen molar-refractivity contribution in [3.05, 3.63) is 52.1 Å². The maximum Gasteiger partial charge on any atom is 0.242 e. The van der Waals surface area contributed by atoms with Crippen molar-refractivity contribution in [2.24, 2.45) is 5.92 Å². The molecule has 1 N–H and O–H groups in total. The number of nitro groups is 1. The van der Waals surface area contributed by atoms with Crippen LogP contribution in [-0.2, 0) is 5.41 Å². The van der Waals surface area contributed by atoms with Crippen molar-refractivity contribution in [3.63, 3.8) is 0 Å². The van der Waals surface area contributed by atoms with Gasteiger partial charge in [0.25, 0.3) is 0 Å². The van der Waals surface area contributed by atoms with E-state index < -0.39 is 28.6 Å². The lowest BCUT2D eigenvalue weighted by Gasteiger charge is -2.36. The van der Waals surface area contributed by atoms with E-state index in [-0.39, 0.29) is 31.8 Å². The molecule has 0 aliphatic carbocycles. The highest BCUT2D eigenvalue weighted by Gasteiger charge is 2.43. The molecule has 2 aromatic rings. The minimum atomic E-state index is -1.30. The molecule has 39 heavy (non-hydrogen) atoms. The third-order valence-electron chi connectivity index (χ3n) is 7.68. The molecule has 10 nitrogen and oxygen atoms in total. The largest absolute Gasteiger partial charge is 0.493 e. The van der Waals surface area contributed by atoms with E-state index in [4.69, 9.17) is 23.7 Å². The van der Waals surface area contributed by atoms with Gasteiger partial charge in [0.2, 0.25) is 11.8 Å². The molecule has 0 spiro atoms.